The standard InChI is InChI=1S/C8H7F2N3/c9-8(10)7-6(4-12)5(3-11)1-2-13-7/h1-2,8H,4,12H2. The van der Waals surface area contributed by atoms with Gasteiger partial charge >= 0.3 is 0 Å². The van der Waals surface area contributed by atoms with Gasteiger partial charge in [-0.15, -0.1) is 0 Å². The normalized spacial score (nSPS) is 10.1. The molecule has 2 N–H and O–H groups in total. The van der Waals surface area contributed by atoms with Crippen molar-refractivity contribution in [3.05, 3.63) is 29.1 Å². The molecule has 3 nitrogen and oxygen atoms in total. The van der Waals surface area contributed by atoms with Crippen LogP contribution in [0, 0.1) is 11.3 Å². The number of hydrogen-bond acceptors (Lipinski definition) is 3. The molecule has 0 saturated heterocycles. The molecule has 0 atom stereocenters. The van der Waals surface area contributed by atoms with Crippen LogP contribution in [0.3, 0.4) is 0 Å². The van der Waals surface area contributed by atoms with Gasteiger partial charge in [0.05, 0.1) is 11.6 Å². The Hall–Kier alpha value is -1.54. The third-order valence-corrected chi connectivity index (χ3v) is 1.62. The van der Waals surface area contributed by atoms with E-state index in [1.165, 1.54) is 12.3 Å². The van der Waals surface area contributed by atoms with Crippen LogP contribution in [0.25, 0.3) is 0 Å². The first kappa shape index (κ1) is 9.55. The fourth-order valence-corrected chi connectivity index (χ4v) is 1.02. The van der Waals surface area contributed by atoms with Crippen LogP contribution in [0.1, 0.15) is 23.2 Å². The van der Waals surface area contributed by atoms with E-state index in [0.29, 0.717) is 0 Å². The van der Waals surface area contributed by atoms with Gasteiger partial charge in [0.15, 0.2) is 0 Å². The predicted molar refractivity (Wildman–Crippen MR) is 41.8 cm³/mol. The predicted octanol–water partition coefficient (Wildman–Crippen LogP) is 1.35. The van der Waals surface area contributed by atoms with Gasteiger partial charge in [0.25, 0.3) is 6.43 Å². The van der Waals surface area contributed by atoms with Crippen LogP contribution in [-0.2, 0) is 6.54 Å². The number of aromatic nitrogens is 1. The first-order valence-corrected chi connectivity index (χ1v) is 3.56. The van der Waals surface area contributed by atoms with E-state index in [1.807, 2.05) is 0 Å². The van der Waals surface area contributed by atoms with Crippen LogP contribution in [-0.4, -0.2) is 4.98 Å². The van der Waals surface area contributed by atoms with Gasteiger partial charge in [0.1, 0.15) is 5.69 Å². The number of hydrogen-bond donors (Lipinski definition) is 1. The zero-order chi connectivity index (χ0) is 9.84. The van der Waals surface area contributed by atoms with E-state index in [-0.39, 0.29) is 17.7 Å². The Bertz CT molecular complexity index is 344. The second-order valence-corrected chi connectivity index (χ2v) is 2.34. The summed E-state index contributed by atoms with van der Waals surface area (Å²) in [7, 11) is 0. The summed E-state index contributed by atoms with van der Waals surface area (Å²) in [6, 6.07) is 3.16. The van der Waals surface area contributed by atoms with Crippen LogP contribution >= 0.6 is 0 Å². The van der Waals surface area contributed by atoms with Crippen molar-refractivity contribution in [1.82, 2.24) is 4.98 Å². The molecule has 0 unspecified atom stereocenters. The van der Waals surface area contributed by atoms with Gasteiger partial charge in [-0.25, -0.2) is 8.78 Å². The molecule has 0 bridgehead atoms. The maximum Gasteiger partial charge on any atom is 0.280 e. The molecular formula is C8H7F2N3. The molecule has 13 heavy (non-hydrogen) atoms. The van der Waals surface area contributed by atoms with E-state index in [1.54, 1.807) is 6.07 Å². The van der Waals surface area contributed by atoms with E-state index in [0.717, 1.165) is 0 Å². The Morgan fingerprint density at radius 3 is 2.77 bits per heavy atom. The quantitative estimate of drug-likeness (QED) is 0.752. The van der Waals surface area contributed by atoms with Crippen molar-refractivity contribution in [3.63, 3.8) is 0 Å². The van der Waals surface area contributed by atoms with Crippen molar-refractivity contribution in [2.45, 2.75) is 13.0 Å². The molecule has 0 aliphatic carbocycles. The molecule has 0 aliphatic heterocycles. The zero-order valence-electron chi connectivity index (χ0n) is 6.67. The van der Waals surface area contributed by atoms with Gasteiger partial charge in [-0.3, -0.25) is 4.98 Å². The highest BCUT2D eigenvalue weighted by Crippen LogP contribution is 2.22. The number of halogens is 2. The summed E-state index contributed by atoms with van der Waals surface area (Å²) in [5, 5.41) is 8.58. The molecule has 0 amide bonds. The van der Waals surface area contributed by atoms with Crippen molar-refractivity contribution in [1.29, 1.82) is 5.26 Å². The van der Waals surface area contributed by atoms with Crippen molar-refractivity contribution >= 4 is 0 Å². The summed E-state index contributed by atoms with van der Waals surface area (Å²) >= 11 is 0. The molecule has 1 aromatic rings. The van der Waals surface area contributed by atoms with Gasteiger partial charge in [0, 0.05) is 18.3 Å². The van der Waals surface area contributed by atoms with Crippen molar-refractivity contribution in [2.75, 3.05) is 0 Å². The Morgan fingerprint density at radius 1 is 1.62 bits per heavy atom. The van der Waals surface area contributed by atoms with Crippen LogP contribution in [0.2, 0.25) is 0 Å². The van der Waals surface area contributed by atoms with E-state index in [4.69, 9.17) is 11.0 Å². The third-order valence-electron chi connectivity index (χ3n) is 1.62. The first-order valence-electron chi connectivity index (χ1n) is 3.56. The summed E-state index contributed by atoms with van der Waals surface area (Å²) in [5.41, 5.74) is 5.12. The average molecular weight is 183 g/mol. The molecule has 0 radical (unpaired) electrons. The molecule has 1 heterocycles. The highest BCUT2D eigenvalue weighted by molar-refractivity contribution is 5.39. The monoisotopic (exact) mass is 183 g/mol. The lowest BCUT2D eigenvalue weighted by Gasteiger charge is -2.06. The van der Waals surface area contributed by atoms with Crippen LogP contribution in [0.4, 0.5) is 8.78 Å². The second kappa shape index (κ2) is 3.92. The third kappa shape index (κ3) is 1.79. The molecule has 0 fully saturated rings. The highest BCUT2D eigenvalue weighted by Gasteiger charge is 2.16. The number of pyridine rings is 1. The van der Waals surface area contributed by atoms with Crippen molar-refractivity contribution < 1.29 is 8.78 Å². The fourth-order valence-electron chi connectivity index (χ4n) is 1.02. The van der Waals surface area contributed by atoms with E-state index in [2.05, 4.69) is 4.98 Å². The number of rotatable bonds is 2. The van der Waals surface area contributed by atoms with Gasteiger partial charge < -0.3 is 5.73 Å². The molecular weight excluding hydrogens is 176 g/mol. The Labute approximate surface area is 73.8 Å². The van der Waals surface area contributed by atoms with Crippen molar-refractivity contribution in [2.24, 2.45) is 5.73 Å². The summed E-state index contributed by atoms with van der Waals surface area (Å²) in [6.45, 7) is -0.101. The summed E-state index contributed by atoms with van der Waals surface area (Å²) in [4.78, 5) is 3.48. The Morgan fingerprint density at radius 2 is 2.31 bits per heavy atom. The molecule has 1 aromatic heterocycles. The highest BCUT2D eigenvalue weighted by atomic mass is 19.3. The minimum absolute atomic E-state index is 0.101. The van der Waals surface area contributed by atoms with Gasteiger partial charge in [-0.2, -0.15) is 5.26 Å². The molecule has 0 aliphatic rings. The smallest absolute Gasteiger partial charge is 0.280 e. The molecule has 0 aromatic carbocycles. The molecule has 68 valence electrons. The summed E-state index contributed by atoms with van der Waals surface area (Å²) in [5.74, 6) is 0. The number of nitriles is 1. The van der Waals surface area contributed by atoms with Crippen LogP contribution < -0.4 is 5.73 Å². The molecule has 0 saturated carbocycles. The lowest BCUT2D eigenvalue weighted by atomic mass is 10.1. The van der Waals surface area contributed by atoms with E-state index >= 15 is 0 Å². The maximum atomic E-state index is 12.3. The summed E-state index contributed by atoms with van der Waals surface area (Å²) < 4.78 is 24.6. The lowest BCUT2D eigenvalue weighted by molar-refractivity contribution is 0.145. The SMILES string of the molecule is N#Cc1ccnc(C(F)F)c1CN. The Balaban J connectivity index is 3.29. The number of nitrogens with two attached hydrogens (primary N) is 1. The first-order chi connectivity index (χ1) is 6.20. The zero-order valence-corrected chi connectivity index (χ0v) is 6.67. The molecule has 5 heteroatoms. The maximum absolute atomic E-state index is 12.3. The lowest BCUT2D eigenvalue weighted by Crippen LogP contribution is -2.06. The van der Waals surface area contributed by atoms with Gasteiger partial charge in [0.2, 0.25) is 0 Å². The van der Waals surface area contributed by atoms with E-state index < -0.39 is 12.1 Å². The minimum atomic E-state index is -2.69. The molecule has 1 rings (SSSR count). The second-order valence-electron chi connectivity index (χ2n) is 2.34. The number of nitrogens with zero attached hydrogens (tertiary/aromatic N) is 2. The summed E-state index contributed by atoms with van der Waals surface area (Å²) in [6.07, 6.45) is -1.51. The van der Waals surface area contributed by atoms with Gasteiger partial charge in [-0.1, -0.05) is 0 Å². The topological polar surface area (TPSA) is 62.7 Å². The van der Waals surface area contributed by atoms with E-state index in [9.17, 15) is 8.78 Å². The van der Waals surface area contributed by atoms with Crippen molar-refractivity contribution in [3.8, 4) is 6.07 Å². The fraction of sp³-hybridized carbons (Fsp3) is 0.250. The van der Waals surface area contributed by atoms with Crippen LogP contribution in [0.15, 0.2) is 12.3 Å². The largest absolute Gasteiger partial charge is 0.326 e. The minimum Gasteiger partial charge on any atom is -0.326 e. The Kier molecular flexibility index (Phi) is 2.88. The van der Waals surface area contributed by atoms with Gasteiger partial charge in [-0.05, 0) is 6.07 Å². The van der Waals surface area contributed by atoms with Crippen LogP contribution in [0.5, 0.6) is 0 Å². The molecule has 0 spiro atoms. The average Bonchev–Trinajstić information content (AvgIpc) is 2.16. The number of alkyl halides is 2.